The second-order valence-electron chi connectivity index (χ2n) is 5.50. The predicted molar refractivity (Wildman–Crippen MR) is 89.9 cm³/mol. The zero-order chi connectivity index (χ0) is 17.7. The largest absolute Gasteiger partial charge is 0.368 e. The summed E-state index contributed by atoms with van der Waals surface area (Å²) in [5.74, 6) is 1.23. The summed E-state index contributed by atoms with van der Waals surface area (Å²) in [6.45, 7) is 0.263. The Bertz CT molecular complexity index is 606. The normalized spacial score (nSPS) is 11.6. The molecule has 0 saturated heterocycles. The molecule has 2 aromatic rings. The van der Waals surface area contributed by atoms with E-state index in [0.29, 0.717) is 37.3 Å². The number of rotatable bonds is 7. The number of hydrogen-bond donors (Lipinski definition) is 6. The topological polar surface area (TPSA) is 233 Å². The van der Waals surface area contributed by atoms with Crippen molar-refractivity contribution in [2.24, 2.45) is 11.5 Å². The van der Waals surface area contributed by atoms with Crippen LogP contribution >= 0.6 is 0 Å². The third-order valence-electron chi connectivity index (χ3n) is 3.53. The van der Waals surface area contributed by atoms with Gasteiger partial charge in [0.2, 0.25) is 23.8 Å². The number of hydrogen-bond acceptors (Lipinski definition) is 12. The van der Waals surface area contributed by atoms with Crippen LogP contribution in [0.5, 0.6) is 0 Å². The van der Waals surface area contributed by atoms with E-state index < -0.39 is 5.54 Å². The van der Waals surface area contributed by atoms with E-state index in [1.165, 1.54) is 0 Å². The maximum atomic E-state index is 6.35. The molecule has 130 valence electrons. The molecular weight excluding hydrogens is 312 g/mol. The molecule has 0 radical (unpaired) electrons. The summed E-state index contributed by atoms with van der Waals surface area (Å²) in [6, 6.07) is 0. The Kier molecular flexibility index (Phi) is 5.21. The molecule has 0 saturated carbocycles. The third kappa shape index (κ3) is 4.82. The van der Waals surface area contributed by atoms with Gasteiger partial charge in [-0.2, -0.15) is 29.9 Å². The maximum Gasteiger partial charge on any atom is 0.225 e. The van der Waals surface area contributed by atoms with Crippen LogP contribution < -0.4 is 34.4 Å². The van der Waals surface area contributed by atoms with Crippen molar-refractivity contribution in [2.45, 2.75) is 31.2 Å². The molecule has 0 aromatic carbocycles. The van der Waals surface area contributed by atoms with Crippen molar-refractivity contribution in [1.82, 2.24) is 29.9 Å². The SMILES string of the molecule is NCC(N)(CCc1nc(N)nc(N)n1)CCc1nc(N)nc(N)n1. The van der Waals surface area contributed by atoms with E-state index in [9.17, 15) is 0 Å². The number of nitrogens with zero attached hydrogens (tertiary/aromatic N) is 6. The van der Waals surface area contributed by atoms with Gasteiger partial charge in [-0.1, -0.05) is 0 Å². The molecule has 0 aliphatic rings. The fourth-order valence-electron chi connectivity index (χ4n) is 2.19. The molecule has 0 amide bonds. The standard InChI is InChI=1S/C12H22N12/c13-5-12(18,3-1-6-19-8(14)23-9(15)20-6)4-2-7-21-10(16)24-11(17)22-7/h1-5,13,18H2,(H4,14,15,19,20,23)(H4,16,17,21,22,24). The van der Waals surface area contributed by atoms with Crippen molar-refractivity contribution in [1.29, 1.82) is 0 Å². The molecule has 12 nitrogen and oxygen atoms in total. The summed E-state index contributed by atoms with van der Waals surface area (Å²) in [7, 11) is 0. The highest BCUT2D eigenvalue weighted by atomic mass is 15.1. The monoisotopic (exact) mass is 334 g/mol. The number of nitrogens with two attached hydrogens (primary N) is 6. The van der Waals surface area contributed by atoms with E-state index in [4.69, 9.17) is 34.4 Å². The molecular formula is C12H22N12. The molecule has 0 aliphatic carbocycles. The van der Waals surface area contributed by atoms with Crippen LogP contribution in [0.4, 0.5) is 23.8 Å². The number of aromatic nitrogens is 6. The van der Waals surface area contributed by atoms with E-state index >= 15 is 0 Å². The summed E-state index contributed by atoms with van der Waals surface area (Å²) in [4.78, 5) is 23.5. The van der Waals surface area contributed by atoms with Crippen molar-refractivity contribution in [3.05, 3.63) is 11.6 Å². The van der Waals surface area contributed by atoms with E-state index in [-0.39, 0.29) is 30.3 Å². The molecule has 2 aromatic heterocycles. The molecule has 2 rings (SSSR count). The zero-order valence-corrected chi connectivity index (χ0v) is 13.2. The van der Waals surface area contributed by atoms with Gasteiger partial charge in [-0.3, -0.25) is 0 Å². The molecule has 12 N–H and O–H groups in total. The van der Waals surface area contributed by atoms with Gasteiger partial charge in [0.25, 0.3) is 0 Å². The van der Waals surface area contributed by atoms with Crippen LogP contribution in [-0.2, 0) is 12.8 Å². The lowest BCUT2D eigenvalue weighted by atomic mass is 9.89. The first kappa shape index (κ1) is 17.5. The van der Waals surface area contributed by atoms with Gasteiger partial charge in [-0.25, -0.2) is 0 Å². The second kappa shape index (κ2) is 7.14. The van der Waals surface area contributed by atoms with E-state index in [0.717, 1.165) is 0 Å². The van der Waals surface area contributed by atoms with Gasteiger partial charge in [-0.15, -0.1) is 0 Å². The van der Waals surface area contributed by atoms with Crippen molar-refractivity contribution >= 4 is 23.8 Å². The lowest BCUT2D eigenvalue weighted by Crippen LogP contribution is -2.48. The Morgan fingerprint density at radius 2 is 0.958 bits per heavy atom. The van der Waals surface area contributed by atoms with E-state index in [1.807, 2.05) is 0 Å². The molecule has 12 heteroatoms. The van der Waals surface area contributed by atoms with Gasteiger partial charge in [-0.05, 0) is 12.8 Å². The minimum Gasteiger partial charge on any atom is -0.368 e. The van der Waals surface area contributed by atoms with Gasteiger partial charge in [0.1, 0.15) is 11.6 Å². The van der Waals surface area contributed by atoms with Crippen LogP contribution in [0.2, 0.25) is 0 Å². The molecule has 24 heavy (non-hydrogen) atoms. The summed E-state index contributed by atoms with van der Waals surface area (Å²) in [6.07, 6.45) is 1.99. The quantitative estimate of drug-likeness (QED) is 0.311. The zero-order valence-electron chi connectivity index (χ0n) is 13.2. The second-order valence-corrected chi connectivity index (χ2v) is 5.50. The minimum atomic E-state index is -0.660. The van der Waals surface area contributed by atoms with E-state index in [2.05, 4.69) is 29.9 Å². The summed E-state index contributed by atoms with van der Waals surface area (Å²) >= 11 is 0. The number of aryl methyl sites for hydroxylation is 2. The van der Waals surface area contributed by atoms with Gasteiger partial charge in [0.15, 0.2) is 0 Å². The highest BCUT2D eigenvalue weighted by Gasteiger charge is 2.24. The highest BCUT2D eigenvalue weighted by molar-refractivity contribution is 5.26. The first-order valence-electron chi connectivity index (χ1n) is 7.30. The first-order valence-corrected chi connectivity index (χ1v) is 7.30. The fraction of sp³-hybridized carbons (Fsp3) is 0.500. The summed E-state index contributed by atoms with van der Waals surface area (Å²) in [5.41, 5.74) is 33.7. The summed E-state index contributed by atoms with van der Waals surface area (Å²) in [5, 5.41) is 0. The Hall–Kier alpha value is -2.86. The predicted octanol–water partition coefficient (Wildman–Crippen LogP) is -2.39. The molecule has 0 unspecified atom stereocenters. The Balaban J connectivity index is 1.99. The van der Waals surface area contributed by atoms with Gasteiger partial charge in [0.05, 0.1) is 0 Å². The molecule has 0 spiro atoms. The first-order chi connectivity index (χ1) is 11.3. The van der Waals surface area contributed by atoms with Crippen LogP contribution in [0.25, 0.3) is 0 Å². The van der Waals surface area contributed by atoms with Crippen LogP contribution in [0.3, 0.4) is 0 Å². The number of nitrogen functional groups attached to an aromatic ring is 4. The fourth-order valence-corrected chi connectivity index (χ4v) is 2.19. The van der Waals surface area contributed by atoms with Crippen molar-refractivity contribution in [3.63, 3.8) is 0 Å². The van der Waals surface area contributed by atoms with Gasteiger partial charge >= 0.3 is 0 Å². The molecule has 0 fully saturated rings. The Morgan fingerprint density at radius 1 is 0.625 bits per heavy atom. The lowest BCUT2D eigenvalue weighted by Gasteiger charge is -2.27. The smallest absolute Gasteiger partial charge is 0.225 e. The average Bonchev–Trinajstić information content (AvgIpc) is 2.49. The lowest BCUT2D eigenvalue weighted by molar-refractivity contribution is 0.369. The van der Waals surface area contributed by atoms with E-state index in [1.54, 1.807) is 0 Å². The van der Waals surface area contributed by atoms with Crippen molar-refractivity contribution in [3.8, 4) is 0 Å². The average molecular weight is 334 g/mol. The number of anilines is 4. The third-order valence-corrected chi connectivity index (χ3v) is 3.53. The van der Waals surface area contributed by atoms with Crippen LogP contribution in [0.15, 0.2) is 0 Å². The van der Waals surface area contributed by atoms with Crippen molar-refractivity contribution in [2.75, 3.05) is 29.5 Å². The minimum absolute atomic E-state index is 0.0732. The highest BCUT2D eigenvalue weighted by Crippen LogP contribution is 2.17. The van der Waals surface area contributed by atoms with Crippen molar-refractivity contribution < 1.29 is 0 Å². The maximum absolute atomic E-state index is 6.35. The Morgan fingerprint density at radius 3 is 1.25 bits per heavy atom. The van der Waals surface area contributed by atoms with Crippen LogP contribution in [0.1, 0.15) is 24.5 Å². The summed E-state index contributed by atoms with van der Waals surface area (Å²) < 4.78 is 0. The Labute approximate surface area is 138 Å². The van der Waals surface area contributed by atoms with Gasteiger partial charge < -0.3 is 34.4 Å². The van der Waals surface area contributed by atoms with Gasteiger partial charge in [0, 0.05) is 24.9 Å². The molecule has 0 aliphatic heterocycles. The molecule has 0 bridgehead atoms. The van der Waals surface area contributed by atoms with Crippen LogP contribution in [0, 0.1) is 0 Å². The van der Waals surface area contributed by atoms with Crippen LogP contribution in [-0.4, -0.2) is 42.0 Å². The molecule has 2 heterocycles. The molecule has 0 atom stereocenters.